The molecule has 0 aliphatic rings. The van der Waals surface area contributed by atoms with Gasteiger partial charge in [-0.2, -0.15) is 0 Å². The summed E-state index contributed by atoms with van der Waals surface area (Å²) >= 11 is 0. The first-order chi connectivity index (χ1) is 9.19. The Hall–Kier alpha value is -2.17. The molecule has 0 unspecified atom stereocenters. The van der Waals surface area contributed by atoms with Crippen LogP contribution in [0.5, 0.6) is 5.75 Å². The van der Waals surface area contributed by atoms with Gasteiger partial charge in [0, 0.05) is 6.54 Å². The van der Waals surface area contributed by atoms with Crippen LogP contribution < -0.4 is 4.74 Å². The summed E-state index contributed by atoms with van der Waals surface area (Å²) < 4.78 is 7.39. The van der Waals surface area contributed by atoms with Crippen molar-refractivity contribution in [3.63, 3.8) is 0 Å². The number of aromatic nitrogens is 3. The van der Waals surface area contributed by atoms with Gasteiger partial charge < -0.3 is 4.74 Å². The van der Waals surface area contributed by atoms with Crippen molar-refractivity contribution >= 4 is 6.29 Å². The van der Waals surface area contributed by atoms with Gasteiger partial charge in [0.15, 0.2) is 6.29 Å². The Bertz CT molecular complexity index is 549. The number of ether oxygens (including phenoxy) is 1. The second-order valence-corrected chi connectivity index (χ2v) is 4.77. The first kappa shape index (κ1) is 13.3. The van der Waals surface area contributed by atoms with Crippen molar-refractivity contribution in [1.82, 2.24) is 15.0 Å². The molecule has 0 aliphatic heterocycles. The number of aldehydes is 1. The molecule has 5 heteroatoms. The fourth-order valence-corrected chi connectivity index (χ4v) is 1.73. The molecule has 2 aromatic rings. The molecule has 1 heterocycles. The number of carbonyl (C=O) groups is 1. The van der Waals surface area contributed by atoms with E-state index in [1.807, 2.05) is 12.3 Å². The third-order valence-corrected chi connectivity index (χ3v) is 2.56. The van der Waals surface area contributed by atoms with E-state index in [4.69, 9.17) is 4.74 Å². The van der Waals surface area contributed by atoms with Crippen LogP contribution in [0.3, 0.4) is 0 Å². The molecule has 0 saturated carbocycles. The molecule has 0 amide bonds. The van der Waals surface area contributed by atoms with Gasteiger partial charge >= 0.3 is 0 Å². The molecule has 1 aromatic carbocycles. The molecular weight excluding hydrogens is 242 g/mol. The van der Waals surface area contributed by atoms with Crippen molar-refractivity contribution in [3.8, 4) is 5.75 Å². The molecule has 0 fully saturated rings. The Morgan fingerprint density at radius 3 is 2.89 bits per heavy atom. The molecule has 5 nitrogen and oxygen atoms in total. The largest absolute Gasteiger partial charge is 0.486 e. The maximum absolute atomic E-state index is 10.9. The number of hydrogen-bond donors (Lipinski definition) is 0. The molecule has 2 rings (SSSR count). The van der Waals surface area contributed by atoms with Gasteiger partial charge in [0.25, 0.3) is 0 Å². The van der Waals surface area contributed by atoms with Crippen LogP contribution in [0.25, 0.3) is 0 Å². The van der Waals surface area contributed by atoms with E-state index >= 15 is 0 Å². The molecular formula is C14H17N3O2. The van der Waals surface area contributed by atoms with E-state index in [0.29, 0.717) is 23.8 Å². The summed E-state index contributed by atoms with van der Waals surface area (Å²) in [6.45, 7) is 5.39. The lowest BCUT2D eigenvalue weighted by molar-refractivity contribution is 0.111. The molecule has 0 saturated heterocycles. The molecule has 0 radical (unpaired) electrons. The van der Waals surface area contributed by atoms with E-state index < -0.39 is 0 Å². The molecule has 100 valence electrons. The highest BCUT2D eigenvalue weighted by Gasteiger charge is 2.05. The van der Waals surface area contributed by atoms with Crippen molar-refractivity contribution in [1.29, 1.82) is 0 Å². The fourth-order valence-electron chi connectivity index (χ4n) is 1.73. The number of carbonyl (C=O) groups excluding carboxylic acids is 1. The van der Waals surface area contributed by atoms with Gasteiger partial charge in [0.05, 0.1) is 11.8 Å². The summed E-state index contributed by atoms with van der Waals surface area (Å²) in [7, 11) is 0. The quantitative estimate of drug-likeness (QED) is 0.747. The highest BCUT2D eigenvalue weighted by Crippen LogP contribution is 2.16. The topological polar surface area (TPSA) is 57.0 Å². The molecule has 0 N–H and O–H groups in total. The Morgan fingerprint density at radius 2 is 2.16 bits per heavy atom. The molecule has 0 aliphatic carbocycles. The monoisotopic (exact) mass is 259 g/mol. The van der Waals surface area contributed by atoms with Crippen molar-refractivity contribution in [2.45, 2.75) is 27.0 Å². The Labute approximate surface area is 112 Å². The fraction of sp³-hybridized carbons (Fsp3) is 0.357. The maximum atomic E-state index is 10.9. The van der Waals surface area contributed by atoms with Crippen LogP contribution >= 0.6 is 0 Å². The SMILES string of the molecule is CC(C)Cn1cc(COc2ccccc2C=O)nn1. The second-order valence-electron chi connectivity index (χ2n) is 4.77. The Morgan fingerprint density at radius 1 is 1.37 bits per heavy atom. The van der Waals surface area contributed by atoms with E-state index in [1.165, 1.54) is 0 Å². The first-order valence-electron chi connectivity index (χ1n) is 6.25. The van der Waals surface area contributed by atoms with Crippen LogP contribution in [-0.4, -0.2) is 21.3 Å². The minimum atomic E-state index is 0.308. The van der Waals surface area contributed by atoms with Gasteiger partial charge in [-0.1, -0.05) is 31.2 Å². The summed E-state index contributed by atoms with van der Waals surface area (Å²) in [5.41, 5.74) is 1.29. The number of para-hydroxylation sites is 1. The third kappa shape index (κ3) is 3.64. The van der Waals surface area contributed by atoms with Gasteiger partial charge in [-0.05, 0) is 18.1 Å². The highest BCUT2D eigenvalue weighted by molar-refractivity contribution is 5.79. The normalized spacial score (nSPS) is 10.7. The predicted molar refractivity (Wildman–Crippen MR) is 71.0 cm³/mol. The van der Waals surface area contributed by atoms with Crippen LogP contribution in [0, 0.1) is 5.92 Å². The summed E-state index contributed by atoms with van der Waals surface area (Å²) in [5.74, 6) is 1.09. The lowest BCUT2D eigenvalue weighted by Gasteiger charge is -2.05. The summed E-state index contributed by atoms with van der Waals surface area (Å²) in [6, 6.07) is 7.12. The van der Waals surface area contributed by atoms with Crippen LogP contribution in [0.2, 0.25) is 0 Å². The molecule has 0 bridgehead atoms. The highest BCUT2D eigenvalue weighted by atomic mass is 16.5. The smallest absolute Gasteiger partial charge is 0.153 e. The van der Waals surface area contributed by atoms with E-state index in [9.17, 15) is 4.79 Å². The average molecular weight is 259 g/mol. The molecule has 0 spiro atoms. The van der Waals surface area contributed by atoms with Crippen LogP contribution in [0.4, 0.5) is 0 Å². The summed E-state index contributed by atoms with van der Waals surface area (Å²) in [5, 5.41) is 8.07. The van der Waals surface area contributed by atoms with Crippen LogP contribution in [0.1, 0.15) is 29.9 Å². The number of benzene rings is 1. The van der Waals surface area contributed by atoms with Gasteiger partial charge in [0.1, 0.15) is 18.1 Å². The standard InChI is InChI=1S/C14H17N3O2/c1-11(2)7-17-8-13(15-16-17)10-19-14-6-4-3-5-12(14)9-18/h3-6,8-9,11H,7,10H2,1-2H3. The van der Waals surface area contributed by atoms with Crippen molar-refractivity contribution in [3.05, 3.63) is 41.7 Å². The zero-order valence-electron chi connectivity index (χ0n) is 11.1. The van der Waals surface area contributed by atoms with Crippen LogP contribution in [0.15, 0.2) is 30.5 Å². The first-order valence-corrected chi connectivity index (χ1v) is 6.25. The Balaban J connectivity index is 1.98. The van der Waals surface area contributed by atoms with Crippen molar-refractivity contribution in [2.75, 3.05) is 0 Å². The zero-order valence-corrected chi connectivity index (χ0v) is 11.1. The maximum Gasteiger partial charge on any atom is 0.153 e. The average Bonchev–Trinajstić information content (AvgIpc) is 2.83. The van der Waals surface area contributed by atoms with Crippen molar-refractivity contribution < 1.29 is 9.53 Å². The predicted octanol–water partition coefficient (Wildman–Crippen LogP) is 2.33. The van der Waals surface area contributed by atoms with E-state index in [1.54, 1.807) is 22.9 Å². The minimum absolute atomic E-state index is 0.308. The van der Waals surface area contributed by atoms with Gasteiger partial charge in [-0.25, -0.2) is 0 Å². The summed E-state index contributed by atoms with van der Waals surface area (Å²) in [4.78, 5) is 10.9. The lowest BCUT2D eigenvalue weighted by atomic mass is 10.2. The molecule has 1 aromatic heterocycles. The van der Waals surface area contributed by atoms with Gasteiger partial charge in [-0.15, -0.1) is 5.10 Å². The van der Waals surface area contributed by atoms with Crippen molar-refractivity contribution in [2.24, 2.45) is 5.92 Å². The van der Waals surface area contributed by atoms with E-state index in [-0.39, 0.29) is 0 Å². The number of rotatable bonds is 6. The van der Waals surface area contributed by atoms with E-state index in [0.717, 1.165) is 18.5 Å². The molecule has 19 heavy (non-hydrogen) atoms. The zero-order chi connectivity index (χ0) is 13.7. The minimum Gasteiger partial charge on any atom is -0.486 e. The Kier molecular flexibility index (Phi) is 4.28. The van der Waals surface area contributed by atoms with Gasteiger partial charge in [0.2, 0.25) is 0 Å². The lowest BCUT2D eigenvalue weighted by Crippen LogP contribution is -2.04. The number of nitrogens with zero attached hydrogens (tertiary/aromatic N) is 3. The third-order valence-electron chi connectivity index (χ3n) is 2.56. The summed E-state index contributed by atoms with van der Waals surface area (Å²) in [6.07, 6.45) is 2.65. The van der Waals surface area contributed by atoms with E-state index in [2.05, 4.69) is 24.2 Å². The molecule has 0 atom stereocenters. The van der Waals surface area contributed by atoms with Gasteiger partial charge in [-0.3, -0.25) is 9.48 Å². The van der Waals surface area contributed by atoms with Crippen LogP contribution in [-0.2, 0) is 13.2 Å². The second kappa shape index (κ2) is 6.13. The number of hydrogen-bond acceptors (Lipinski definition) is 4.